The molecule has 0 bridgehead atoms. The number of carboxylic acid groups (broad SMARTS) is 1. The highest BCUT2D eigenvalue weighted by atomic mass is 19.1. The van der Waals surface area contributed by atoms with E-state index in [0.29, 0.717) is 11.3 Å². The van der Waals surface area contributed by atoms with Crippen molar-refractivity contribution in [1.82, 2.24) is 0 Å². The van der Waals surface area contributed by atoms with Gasteiger partial charge < -0.3 is 14.6 Å². The molecule has 15 heavy (non-hydrogen) atoms. The molecule has 0 spiro atoms. The SMILES string of the molecule is O=C(O)CC1OCc2cc(F)ccc2O1. The average molecular weight is 212 g/mol. The Morgan fingerprint density at radius 3 is 3.13 bits per heavy atom. The van der Waals surface area contributed by atoms with E-state index in [1.807, 2.05) is 0 Å². The fourth-order valence-electron chi connectivity index (χ4n) is 1.38. The average Bonchev–Trinajstić information content (AvgIpc) is 2.17. The van der Waals surface area contributed by atoms with Gasteiger partial charge in [-0.1, -0.05) is 0 Å². The maximum Gasteiger partial charge on any atom is 0.309 e. The van der Waals surface area contributed by atoms with Crippen molar-refractivity contribution in [1.29, 1.82) is 0 Å². The number of carboxylic acids is 1. The second kappa shape index (κ2) is 3.86. The maximum absolute atomic E-state index is 12.8. The Morgan fingerprint density at radius 2 is 2.40 bits per heavy atom. The zero-order valence-corrected chi connectivity index (χ0v) is 7.77. The van der Waals surface area contributed by atoms with Crippen LogP contribution in [0.3, 0.4) is 0 Å². The van der Waals surface area contributed by atoms with Crippen LogP contribution in [0, 0.1) is 5.82 Å². The summed E-state index contributed by atoms with van der Waals surface area (Å²) >= 11 is 0. The van der Waals surface area contributed by atoms with Crippen LogP contribution < -0.4 is 4.74 Å². The Bertz CT molecular complexity index is 391. The highest BCUT2D eigenvalue weighted by Crippen LogP contribution is 2.27. The Labute approximate surface area is 85.2 Å². The van der Waals surface area contributed by atoms with Gasteiger partial charge in [0.15, 0.2) is 0 Å². The molecule has 1 heterocycles. The number of halogens is 1. The summed E-state index contributed by atoms with van der Waals surface area (Å²) in [5, 5.41) is 8.54. The number of rotatable bonds is 2. The number of hydrogen-bond donors (Lipinski definition) is 1. The minimum absolute atomic E-state index is 0.172. The lowest BCUT2D eigenvalue weighted by molar-refractivity contribution is -0.154. The molecule has 0 saturated carbocycles. The van der Waals surface area contributed by atoms with E-state index in [1.54, 1.807) is 0 Å². The van der Waals surface area contributed by atoms with Crippen molar-refractivity contribution in [2.24, 2.45) is 0 Å². The molecule has 80 valence electrons. The molecule has 4 nitrogen and oxygen atoms in total. The van der Waals surface area contributed by atoms with Gasteiger partial charge in [0.05, 0.1) is 6.61 Å². The summed E-state index contributed by atoms with van der Waals surface area (Å²) in [4.78, 5) is 10.4. The zero-order chi connectivity index (χ0) is 10.8. The van der Waals surface area contributed by atoms with Crippen molar-refractivity contribution in [3.05, 3.63) is 29.6 Å². The molecule has 5 heteroatoms. The highest BCUT2D eigenvalue weighted by Gasteiger charge is 2.22. The molecule has 1 aromatic carbocycles. The first-order chi connectivity index (χ1) is 7.15. The van der Waals surface area contributed by atoms with Crippen LogP contribution in [-0.2, 0) is 16.1 Å². The molecule has 1 aliphatic rings. The minimum atomic E-state index is -0.995. The molecule has 1 atom stereocenters. The van der Waals surface area contributed by atoms with E-state index < -0.39 is 12.3 Å². The van der Waals surface area contributed by atoms with Gasteiger partial charge in [0, 0.05) is 5.56 Å². The predicted octanol–water partition coefficient (Wildman–Crippen LogP) is 1.54. The van der Waals surface area contributed by atoms with Crippen LogP contribution in [0.1, 0.15) is 12.0 Å². The fourth-order valence-corrected chi connectivity index (χ4v) is 1.38. The first-order valence-electron chi connectivity index (χ1n) is 4.43. The van der Waals surface area contributed by atoms with Gasteiger partial charge in [-0.25, -0.2) is 4.39 Å². The van der Waals surface area contributed by atoms with Crippen LogP contribution in [0.4, 0.5) is 4.39 Å². The summed E-state index contributed by atoms with van der Waals surface area (Å²) in [6.07, 6.45) is -1.02. The Hall–Kier alpha value is -1.62. The smallest absolute Gasteiger partial charge is 0.309 e. The molecule has 0 fully saturated rings. The Balaban J connectivity index is 2.13. The highest BCUT2D eigenvalue weighted by molar-refractivity contribution is 5.67. The molecule has 1 unspecified atom stereocenters. The zero-order valence-electron chi connectivity index (χ0n) is 7.77. The molecule has 1 aliphatic heterocycles. The van der Waals surface area contributed by atoms with Gasteiger partial charge in [-0.3, -0.25) is 4.79 Å². The summed E-state index contributed by atoms with van der Waals surface area (Å²) < 4.78 is 23.1. The van der Waals surface area contributed by atoms with Gasteiger partial charge in [-0.2, -0.15) is 0 Å². The van der Waals surface area contributed by atoms with Crippen LogP contribution in [0.2, 0.25) is 0 Å². The Morgan fingerprint density at radius 1 is 1.60 bits per heavy atom. The standard InChI is InChI=1S/C10H9FO4/c11-7-1-2-8-6(3-7)5-14-10(15-8)4-9(12)13/h1-3,10H,4-5H2,(H,12,13). The van der Waals surface area contributed by atoms with Crippen molar-refractivity contribution >= 4 is 5.97 Å². The van der Waals surface area contributed by atoms with Gasteiger partial charge in [0.2, 0.25) is 6.29 Å². The maximum atomic E-state index is 12.8. The molecular formula is C10H9FO4. The summed E-state index contributed by atoms with van der Waals surface area (Å²) in [5.74, 6) is -0.878. The van der Waals surface area contributed by atoms with Gasteiger partial charge in [-0.15, -0.1) is 0 Å². The van der Waals surface area contributed by atoms with E-state index in [9.17, 15) is 9.18 Å². The van der Waals surface area contributed by atoms with Crippen LogP contribution in [0.5, 0.6) is 5.75 Å². The summed E-state index contributed by atoms with van der Waals surface area (Å²) in [6, 6.07) is 4.05. The largest absolute Gasteiger partial charge is 0.481 e. The van der Waals surface area contributed by atoms with Crippen molar-refractivity contribution in [2.75, 3.05) is 0 Å². The predicted molar refractivity (Wildman–Crippen MR) is 47.9 cm³/mol. The molecule has 1 N–H and O–H groups in total. The molecule has 0 aliphatic carbocycles. The molecule has 2 rings (SSSR count). The van der Waals surface area contributed by atoms with Gasteiger partial charge >= 0.3 is 5.97 Å². The normalized spacial score (nSPS) is 19.1. The van der Waals surface area contributed by atoms with E-state index in [0.717, 1.165) is 0 Å². The van der Waals surface area contributed by atoms with E-state index in [4.69, 9.17) is 14.6 Å². The van der Waals surface area contributed by atoms with E-state index in [2.05, 4.69) is 0 Å². The molecule has 1 aromatic rings. The quantitative estimate of drug-likeness (QED) is 0.807. The van der Waals surface area contributed by atoms with Crippen LogP contribution in [0.25, 0.3) is 0 Å². The summed E-state index contributed by atoms with van der Waals surface area (Å²) in [6.45, 7) is 0.172. The van der Waals surface area contributed by atoms with Crippen molar-refractivity contribution in [3.63, 3.8) is 0 Å². The third-order valence-corrected chi connectivity index (χ3v) is 2.05. The van der Waals surface area contributed by atoms with Crippen molar-refractivity contribution in [2.45, 2.75) is 19.3 Å². The first kappa shape index (κ1) is 9.92. The number of carbonyl (C=O) groups is 1. The number of ether oxygens (including phenoxy) is 2. The van der Waals surface area contributed by atoms with Gasteiger partial charge in [0.1, 0.15) is 18.0 Å². The van der Waals surface area contributed by atoms with E-state index >= 15 is 0 Å². The fraction of sp³-hybridized carbons (Fsp3) is 0.300. The van der Waals surface area contributed by atoms with Crippen LogP contribution in [-0.4, -0.2) is 17.4 Å². The lowest BCUT2D eigenvalue weighted by Gasteiger charge is -2.25. The number of hydrogen-bond acceptors (Lipinski definition) is 3. The lowest BCUT2D eigenvalue weighted by Crippen LogP contribution is -2.28. The molecule has 0 aromatic heterocycles. The number of fused-ring (bicyclic) bond motifs is 1. The topological polar surface area (TPSA) is 55.8 Å². The van der Waals surface area contributed by atoms with Gasteiger partial charge in [0.25, 0.3) is 0 Å². The van der Waals surface area contributed by atoms with E-state index in [-0.39, 0.29) is 18.8 Å². The molecular weight excluding hydrogens is 203 g/mol. The van der Waals surface area contributed by atoms with Crippen LogP contribution in [0.15, 0.2) is 18.2 Å². The van der Waals surface area contributed by atoms with Crippen molar-refractivity contribution in [3.8, 4) is 5.75 Å². The lowest BCUT2D eigenvalue weighted by atomic mass is 10.2. The molecule has 0 amide bonds. The summed E-state index contributed by atoms with van der Waals surface area (Å²) in [5.41, 5.74) is 0.594. The molecule has 0 radical (unpaired) electrons. The van der Waals surface area contributed by atoms with E-state index in [1.165, 1.54) is 18.2 Å². The third-order valence-electron chi connectivity index (χ3n) is 2.05. The Kier molecular flexibility index (Phi) is 2.55. The van der Waals surface area contributed by atoms with Gasteiger partial charge in [-0.05, 0) is 18.2 Å². The second-order valence-corrected chi connectivity index (χ2v) is 3.21. The second-order valence-electron chi connectivity index (χ2n) is 3.21. The van der Waals surface area contributed by atoms with Crippen molar-refractivity contribution < 1.29 is 23.8 Å². The first-order valence-corrected chi connectivity index (χ1v) is 4.43. The third kappa shape index (κ3) is 2.24. The van der Waals surface area contributed by atoms with Crippen LogP contribution >= 0.6 is 0 Å². The number of aliphatic carboxylic acids is 1. The molecule has 0 saturated heterocycles. The number of benzene rings is 1. The minimum Gasteiger partial charge on any atom is -0.481 e. The monoisotopic (exact) mass is 212 g/mol. The summed E-state index contributed by atoms with van der Waals surface area (Å²) in [7, 11) is 0.